The van der Waals surface area contributed by atoms with Gasteiger partial charge in [-0.1, -0.05) is 62.4 Å². The number of carbonyl (C=O) groups excluding carboxylic acids is 1. The number of anilines is 2. The van der Waals surface area contributed by atoms with E-state index in [0.29, 0.717) is 11.7 Å². The number of fused-ring (bicyclic) bond motifs is 2. The third-order valence-corrected chi connectivity index (χ3v) is 6.26. The summed E-state index contributed by atoms with van der Waals surface area (Å²) in [6.45, 7) is 6.12. The monoisotopic (exact) mass is 436 g/mol. The minimum absolute atomic E-state index is 0.457. The van der Waals surface area contributed by atoms with E-state index in [0.717, 1.165) is 25.2 Å². The van der Waals surface area contributed by atoms with Gasteiger partial charge in [-0.3, -0.25) is 5.32 Å². The number of amides is 1. The fourth-order valence-electron chi connectivity index (χ4n) is 4.43. The van der Waals surface area contributed by atoms with Crippen molar-refractivity contribution in [2.75, 3.05) is 16.8 Å². The summed E-state index contributed by atoms with van der Waals surface area (Å²) in [5.74, 6) is 1.02. The van der Waals surface area contributed by atoms with Crippen LogP contribution in [-0.4, -0.2) is 12.6 Å². The molecule has 0 bridgehead atoms. The van der Waals surface area contributed by atoms with Crippen molar-refractivity contribution in [2.24, 2.45) is 0 Å². The summed E-state index contributed by atoms with van der Waals surface area (Å²) in [4.78, 5) is 14.8. The zero-order valence-corrected chi connectivity index (χ0v) is 19.0. The molecule has 4 aromatic rings. The summed E-state index contributed by atoms with van der Waals surface area (Å²) >= 11 is 0. The quantitative estimate of drug-likeness (QED) is 0.362. The lowest BCUT2D eigenvalue weighted by molar-refractivity contribution is 0.215. The Bertz CT molecular complexity index is 1290. The van der Waals surface area contributed by atoms with E-state index in [1.807, 2.05) is 36.4 Å². The van der Waals surface area contributed by atoms with E-state index >= 15 is 0 Å². The molecule has 1 amide bonds. The lowest BCUT2D eigenvalue weighted by Gasteiger charge is -2.20. The van der Waals surface area contributed by atoms with Crippen LogP contribution in [0.15, 0.2) is 84.9 Å². The van der Waals surface area contributed by atoms with Crippen molar-refractivity contribution in [3.05, 3.63) is 102 Å². The smallest absolute Gasteiger partial charge is 0.410 e. The van der Waals surface area contributed by atoms with E-state index in [-0.39, 0.29) is 0 Å². The maximum absolute atomic E-state index is 12.4. The van der Waals surface area contributed by atoms with E-state index in [2.05, 4.69) is 72.6 Å². The lowest BCUT2D eigenvalue weighted by Crippen LogP contribution is -2.19. The first-order valence-corrected chi connectivity index (χ1v) is 11.5. The first kappa shape index (κ1) is 21.1. The normalized spacial score (nSPS) is 12.8. The van der Waals surface area contributed by atoms with Gasteiger partial charge in [-0.25, -0.2) is 4.79 Å². The predicted molar refractivity (Wildman–Crippen MR) is 135 cm³/mol. The maximum atomic E-state index is 12.4. The SMILES string of the molecule is CC(C)c1ccc(NC(=O)Oc2ccc3c(c2)CCN3Cc2ccc3ccccc3c2)cc1. The number of ether oxygens (including phenoxy) is 1. The van der Waals surface area contributed by atoms with Crippen LogP contribution in [0.3, 0.4) is 0 Å². The number of hydrogen-bond donors (Lipinski definition) is 1. The van der Waals surface area contributed by atoms with Gasteiger partial charge >= 0.3 is 6.09 Å². The summed E-state index contributed by atoms with van der Waals surface area (Å²) in [5, 5.41) is 5.34. The fourth-order valence-corrected chi connectivity index (χ4v) is 4.43. The molecule has 4 nitrogen and oxygen atoms in total. The van der Waals surface area contributed by atoms with E-state index in [9.17, 15) is 4.79 Å². The maximum Gasteiger partial charge on any atom is 0.417 e. The number of benzene rings is 4. The van der Waals surface area contributed by atoms with Crippen molar-refractivity contribution < 1.29 is 9.53 Å². The molecule has 1 aliphatic heterocycles. The van der Waals surface area contributed by atoms with Crippen LogP contribution in [0.5, 0.6) is 5.75 Å². The van der Waals surface area contributed by atoms with E-state index < -0.39 is 6.09 Å². The molecule has 1 aliphatic rings. The highest BCUT2D eigenvalue weighted by atomic mass is 16.6. The molecule has 166 valence electrons. The zero-order valence-electron chi connectivity index (χ0n) is 19.0. The van der Waals surface area contributed by atoms with E-state index in [1.54, 1.807) is 0 Å². The standard InChI is InChI=1S/C29H28N2O2/c1-20(2)22-9-11-26(12-10-22)30-29(32)33-27-13-14-28-25(18-27)15-16-31(28)19-21-7-8-23-5-3-4-6-24(23)17-21/h3-14,17-18,20H,15-16,19H2,1-2H3,(H,30,32). The molecule has 0 radical (unpaired) electrons. The van der Waals surface area contributed by atoms with E-state index in [4.69, 9.17) is 4.74 Å². The van der Waals surface area contributed by atoms with Crippen molar-refractivity contribution in [1.29, 1.82) is 0 Å². The lowest BCUT2D eigenvalue weighted by atomic mass is 10.0. The van der Waals surface area contributed by atoms with Gasteiger partial charge in [0.15, 0.2) is 0 Å². The molecule has 1 heterocycles. The zero-order chi connectivity index (χ0) is 22.8. The fraction of sp³-hybridized carbons (Fsp3) is 0.207. The molecule has 4 heteroatoms. The van der Waals surface area contributed by atoms with Gasteiger partial charge in [0.2, 0.25) is 0 Å². The molecule has 0 spiro atoms. The summed E-state index contributed by atoms with van der Waals surface area (Å²) in [5.41, 5.74) is 5.68. The van der Waals surface area contributed by atoms with Crippen molar-refractivity contribution in [3.8, 4) is 5.75 Å². The van der Waals surface area contributed by atoms with Gasteiger partial charge in [-0.05, 0) is 76.2 Å². The van der Waals surface area contributed by atoms with Crippen LogP contribution in [0.2, 0.25) is 0 Å². The van der Waals surface area contributed by atoms with Crippen molar-refractivity contribution in [3.63, 3.8) is 0 Å². The van der Waals surface area contributed by atoms with Crippen molar-refractivity contribution in [2.45, 2.75) is 32.7 Å². The molecule has 0 aliphatic carbocycles. The topological polar surface area (TPSA) is 41.6 Å². The molecule has 1 N–H and O–H groups in total. The van der Waals surface area contributed by atoms with Gasteiger partial charge in [0, 0.05) is 24.5 Å². The van der Waals surface area contributed by atoms with Gasteiger partial charge in [-0.2, -0.15) is 0 Å². The van der Waals surface area contributed by atoms with Crippen LogP contribution in [0.25, 0.3) is 10.8 Å². The average Bonchev–Trinajstić information content (AvgIpc) is 3.21. The molecule has 0 unspecified atom stereocenters. The number of rotatable bonds is 5. The second-order valence-electron chi connectivity index (χ2n) is 8.93. The number of nitrogens with zero attached hydrogens (tertiary/aromatic N) is 1. The van der Waals surface area contributed by atoms with Gasteiger partial charge in [0.1, 0.15) is 5.75 Å². The Morgan fingerprint density at radius 3 is 2.52 bits per heavy atom. The highest BCUT2D eigenvalue weighted by Crippen LogP contribution is 2.33. The molecule has 0 saturated heterocycles. The molecule has 0 atom stereocenters. The Morgan fingerprint density at radius 2 is 1.73 bits per heavy atom. The van der Waals surface area contributed by atoms with Crippen LogP contribution in [0, 0.1) is 0 Å². The highest BCUT2D eigenvalue weighted by molar-refractivity contribution is 5.86. The van der Waals surface area contributed by atoms with Crippen LogP contribution < -0.4 is 15.0 Å². The van der Waals surface area contributed by atoms with Crippen molar-refractivity contribution >= 4 is 28.2 Å². The summed E-state index contributed by atoms with van der Waals surface area (Å²) in [6, 6.07) is 28.9. The van der Waals surface area contributed by atoms with Crippen LogP contribution in [-0.2, 0) is 13.0 Å². The van der Waals surface area contributed by atoms with Crippen LogP contribution >= 0.6 is 0 Å². The van der Waals surface area contributed by atoms with Gasteiger partial charge in [0.05, 0.1) is 0 Å². The van der Waals surface area contributed by atoms with Crippen molar-refractivity contribution in [1.82, 2.24) is 0 Å². The highest BCUT2D eigenvalue weighted by Gasteiger charge is 2.20. The summed E-state index contributed by atoms with van der Waals surface area (Å²) in [7, 11) is 0. The molecule has 5 rings (SSSR count). The van der Waals surface area contributed by atoms with Gasteiger partial charge < -0.3 is 9.64 Å². The third kappa shape index (κ3) is 4.70. The Hall–Kier alpha value is -3.79. The van der Waals surface area contributed by atoms with Crippen LogP contribution in [0.1, 0.15) is 36.5 Å². The Morgan fingerprint density at radius 1 is 0.939 bits per heavy atom. The molecule has 0 fully saturated rings. The summed E-state index contributed by atoms with van der Waals surface area (Å²) < 4.78 is 5.55. The average molecular weight is 437 g/mol. The number of carbonyl (C=O) groups is 1. The minimum Gasteiger partial charge on any atom is -0.410 e. The largest absolute Gasteiger partial charge is 0.417 e. The van der Waals surface area contributed by atoms with Gasteiger partial charge in [-0.15, -0.1) is 0 Å². The first-order chi connectivity index (χ1) is 16.0. The Labute approximate surface area is 194 Å². The Balaban J connectivity index is 1.24. The molecule has 4 aromatic carbocycles. The van der Waals surface area contributed by atoms with Gasteiger partial charge in [0.25, 0.3) is 0 Å². The number of nitrogens with one attached hydrogen (secondary N) is 1. The second kappa shape index (κ2) is 8.99. The van der Waals surface area contributed by atoms with Crippen LogP contribution in [0.4, 0.5) is 16.2 Å². The van der Waals surface area contributed by atoms with E-state index in [1.165, 1.54) is 33.2 Å². The molecular weight excluding hydrogens is 408 g/mol. The minimum atomic E-state index is -0.474. The summed E-state index contributed by atoms with van der Waals surface area (Å²) in [6.07, 6.45) is 0.469. The molecule has 33 heavy (non-hydrogen) atoms. The molecule has 0 aromatic heterocycles. The molecule has 0 saturated carbocycles. The molecular formula is C29H28N2O2. The predicted octanol–water partition coefficient (Wildman–Crippen LogP) is 7.14. The first-order valence-electron chi connectivity index (χ1n) is 11.5. The Kier molecular flexibility index (Phi) is 5.74. The third-order valence-electron chi connectivity index (χ3n) is 6.26. The second-order valence-corrected chi connectivity index (χ2v) is 8.93. The number of hydrogen-bond acceptors (Lipinski definition) is 3.